The molecule has 0 saturated heterocycles. The molecule has 1 aromatic rings. The molecule has 82 valence electrons. The van der Waals surface area contributed by atoms with Gasteiger partial charge in [0.1, 0.15) is 18.0 Å². The first-order valence-corrected chi connectivity index (χ1v) is 4.53. The van der Waals surface area contributed by atoms with E-state index in [-0.39, 0.29) is 17.5 Å². The van der Waals surface area contributed by atoms with Gasteiger partial charge in [0.15, 0.2) is 0 Å². The van der Waals surface area contributed by atoms with Crippen molar-refractivity contribution in [2.24, 2.45) is 0 Å². The minimum Gasteiger partial charge on any atom is -0.389 e. The highest BCUT2D eigenvalue weighted by atomic mass is 19.1. The summed E-state index contributed by atoms with van der Waals surface area (Å²) >= 11 is 0. The predicted octanol–water partition coefficient (Wildman–Crippen LogP) is 1.01. The monoisotopic (exact) mass is 220 g/mol. The summed E-state index contributed by atoms with van der Waals surface area (Å²) in [7, 11) is 0. The second kappa shape index (κ2) is 5.22. The molecule has 4 nitrogen and oxygen atoms in total. The molecule has 0 aliphatic heterocycles. The number of hydrogen-bond acceptors (Lipinski definition) is 4. The zero-order valence-corrected chi connectivity index (χ0v) is 8.26. The molecule has 0 saturated carbocycles. The Morgan fingerprint density at radius 3 is 2.56 bits per heavy atom. The normalized spacial score (nSPS) is 13.6. The lowest BCUT2D eigenvalue weighted by atomic mass is 9.97. The van der Waals surface area contributed by atoms with E-state index in [2.05, 4.69) is 0 Å². The number of aliphatic hydroxyl groups is 2. The van der Waals surface area contributed by atoms with Crippen LogP contribution in [-0.4, -0.2) is 16.3 Å². The van der Waals surface area contributed by atoms with Crippen molar-refractivity contribution < 1.29 is 14.6 Å². The van der Waals surface area contributed by atoms with E-state index in [9.17, 15) is 14.6 Å². The van der Waals surface area contributed by atoms with Gasteiger partial charge >= 0.3 is 0 Å². The molecule has 0 amide bonds. The molecule has 0 aliphatic rings. The lowest BCUT2D eigenvalue weighted by Crippen LogP contribution is -2.18. The molecule has 0 aliphatic carbocycles. The Kier molecular flexibility index (Phi) is 3.96. The average Bonchev–Trinajstić information content (AvgIpc) is 2.28. The molecule has 0 aromatic heterocycles. The van der Waals surface area contributed by atoms with Crippen molar-refractivity contribution in [3.63, 3.8) is 0 Å². The van der Waals surface area contributed by atoms with Gasteiger partial charge in [0.05, 0.1) is 24.2 Å². The first kappa shape index (κ1) is 12.1. The summed E-state index contributed by atoms with van der Waals surface area (Å²) in [6, 6.07) is 7.05. The van der Waals surface area contributed by atoms with Crippen LogP contribution in [0.4, 0.5) is 4.39 Å². The van der Waals surface area contributed by atoms with E-state index in [1.54, 1.807) is 12.1 Å². The van der Waals surface area contributed by atoms with Crippen molar-refractivity contribution in [2.45, 2.75) is 18.6 Å². The van der Waals surface area contributed by atoms with E-state index in [0.29, 0.717) is 0 Å². The van der Waals surface area contributed by atoms with Crippen molar-refractivity contribution in [1.29, 1.82) is 10.5 Å². The first-order chi connectivity index (χ1) is 7.61. The van der Waals surface area contributed by atoms with Crippen LogP contribution in [0, 0.1) is 28.5 Å². The van der Waals surface area contributed by atoms with Gasteiger partial charge in [0.25, 0.3) is 0 Å². The van der Waals surface area contributed by atoms with Crippen LogP contribution in [0.2, 0.25) is 0 Å². The topological polar surface area (TPSA) is 88.0 Å². The van der Waals surface area contributed by atoms with E-state index < -0.39 is 18.0 Å². The molecular weight excluding hydrogens is 211 g/mol. The largest absolute Gasteiger partial charge is 0.389 e. The minimum atomic E-state index is -1.44. The number of nitriles is 2. The van der Waals surface area contributed by atoms with E-state index >= 15 is 0 Å². The minimum absolute atomic E-state index is 0.00903. The van der Waals surface area contributed by atoms with Crippen LogP contribution in [0.25, 0.3) is 0 Å². The van der Waals surface area contributed by atoms with Crippen LogP contribution in [0.15, 0.2) is 18.2 Å². The summed E-state index contributed by atoms with van der Waals surface area (Å²) in [4.78, 5) is 0. The van der Waals surface area contributed by atoms with Gasteiger partial charge in [-0.3, -0.25) is 0 Å². The Labute approximate surface area is 91.8 Å². The number of nitrogens with zero attached hydrogens (tertiary/aromatic N) is 2. The Bertz CT molecular complexity index is 462. The number of hydrogen-bond donors (Lipinski definition) is 2. The Morgan fingerprint density at radius 1 is 1.31 bits per heavy atom. The van der Waals surface area contributed by atoms with Crippen molar-refractivity contribution >= 4 is 0 Å². The quantitative estimate of drug-likeness (QED) is 0.795. The van der Waals surface area contributed by atoms with Gasteiger partial charge in [-0.2, -0.15) is 10.5 Å². The molecule has 2 unspecified atom stereocenters. The summed E-state index contributed by atoms with van der Waals surface area (Å²) in [6.07, 6.45) is -3.06. The lowest BCUT2D eigenvalue weighted by molar-refractivity contribution is 0.0213. The smallest absolute Gasteiger partial charge is 0.141 e. The fourth-order valence-corrected chi connectivity index (χ4v) is 1.32. The zero-order valence-electron chi connectivity index (χ0n) is 8.26. The van der Waals surface area contributed by atoms with Gasteiger partial charge in [-0.15, -0.1) is 0 Å². The van der Waals surface area contributed by atoms with Crippen molar-refractivity contribution in [1.82, 2.24) is 0 Å². The van der Waals surface area contributed by atoms with Gasteiger partial charge in [-0.1, -0.05) is 12.1 Å². The second-order valence-electron chi connectivity index (χ2n) is 3.19. The molecular formula is C11H9FN2O2. The van der Waals surface area contributed by atoms with Gasteiger partial charge in [-0.05, 0) is 6.07 Å². The van der Waals surface area contributed by atoms with Crippen LogP contribution >= 0.6 is 0 Å². The van der Waals surface area contributed by atoms with Gasteiger partial charge in [0, 0.05) is 5.56 Å². The summed E-state index contributed by atoms with van der Waals surface area (Å²) in [6.45, 7) is 0. The van der Waals surface area contributed by atoms with E-state index in [1.807, 2.05) is 0 Å². The van der Waals surface area contributed by atoms with E-state index in [1.165, 1.54) is 12.1 Å². The summed E-state index contributed by atoms with van der Waals surface area (Å²) in [5.74, 6) is -0.761. The molecule has 1 rings (SSSR count). The molecule has 0 heterocycles. The SMILES string of the molecule is N#CCC(O)C(O)c1cccc(F)c1C#N. The summed E-state index contributed by atoms with van der Waals surface area (Å²) in [5.41, 5.74) is -0.322. The van der Waals surface area contributed by atoms with Crippen molar-refractivity contribution in [3.05, 3.63) is 35.1 Å². The molecule has 2 N–H and O–H groups in total. The molecule has 5 heteroatoms. The van der Waals surface area contributed by atoms with Crippen LogP contribution < -0.4 is 0 Å². The van der Waals surface area contributed by atoms with E-state index in [0.717, 1.165) is 6.07 Å². The maximum atomic E-state index is 13.2. The maximum absolute atomic E-state index is 13.2. The van der Waals surface area contributed by atoms with Crippen molar-refractivity contribution in [2.75, 3.05) is 0 Å². The highest BCUT2D eigenvalue weighted by molar-refractivity contribution is 5.40. The molecule has 0 fully saturated rings. The number of aliphatic hydroxyl groups excluding tert-OH is 2. The predicted molar refractivity (Wildman–Crippen MR) is 52.3 cm³/mol. The summed E-state index contributed by atoms with van der Waals surface area (Å²) in [5, 5.41) is 36.1. The third-order valence-electron chi connectivity index (χ3n) is 2.14. The Morgan fingerprint density at radius 2 is 2.00 bits per heavy atom. The highest BCUT2D eigenvalue weighted by Crippen LogP contribution is 2.23. The molecule has 2 atom stereocenters. The highest BCUT2D eigenvalue weighted by Gasteiger charge is 2.22. The number of halogens is 1. The first-order valence-electron chi connectivity index (χ1n) is 4.53. The lowest BCUT2D eigenvalue weighted by Gasteiger charge is -2.16. The van der Waals surface area contributed by atoms with Gasteiger partial charge in [0.2, 0.25) is 0 Å². The molecule has 0 spiro atoms. The molecule has 16 heavy (non-hydrogen) atoms. The third kappa shape index (κ3) is 2.34. The Hall–Kier alpha value is -1.95. The van der Waals surface area contributed by atoms with Gasteiger partial charge < -0.3 is 10.2 Å². The van der Waals surface area contributed by atoms with E-state index in [4.69, 9.17) is 10.5 Å². The van der Waals surface area contributed by atoms with Crippen LogP contribution in [0.5, 0.6) is 0 Å². The fraction of sp³-hybridized carbons (Fsp3) is 0.273. The number of rotatable bonds is 3. The van der Waals surface area contributed by atoms with Crippen LogP contribution in [0.1, 0.15) is 23.7 Å². The second-order valence-corrected chi connectivity index (χ2v) is 3.19. The number of benzene rings is 1. The third-order valence-corrected chi connectivity index (χ3v) is 2.14. The summed E-state index contributed by atoms with van der Waals surface area (Å²) < 4.78 is 13.2. The average molecular weight is 220 g/mol. The fourth-order valence-electron chi connectivity index (χ4n) is 1.32. The van der Waals surface area contributed by atoms with Gasteiger partial charge in [-0.25, -0.2) is 4.39 Å². The molecule has 0 bridgehead atoms. The van der Waals surface area contributed by atoms with Crippen LogP contribution in [-0.2, 0) is 0 Å². The van der Waals surface area contributed by atoms with Crippen LogP contribution in [0.3, 0.4) is 0 Å². The Balaban J connectivity index is 3.10. The van der Waals surface area contributed by atoms with Crippen molar-refractivity contribution in [3.8, 4) is 12.1 Å². The molecule has 0 radical (unpaired) electrons. The standard InChI is InChI=1S/C11H9FN2O2/c12-9-3-1-2-7(8(9)6-14)11(16)10(15)4-5-13/h1-3,10-11,15-16H,4H2. The zero-order chi connectivity index (χ0) is 12.1. The molecule has 1 aromatic carbocycles. The maximum Gasteiger partial charge on any atom is 0.141 e.